The Bertz CT molecular complexity index is 392. The van der Waals surface area contributed by atoms with E-state index in [2.05, 4.69) is 17.2 Å². The molecule has 1 amide bonds. The molecule has 1 aliphatic heterocycles. The smallest absolute Gasteiger partial charge is 0.256 e. The molecule has 1 atom stereocenters. The van der Waals surface area contributed by atoms with Gasteiger partial charge in [0.05, 0.1) is 5.56 Å². The first kappa shape index (κ1) is 11.1. The van der Waals surface area contributed by atoms with Crippen LogP contribution in [-0.4, -0.2) is 41.5 Å². The summed E-state index contributed by atoms with van der Waals surface area (Å²) in [5, 5.41) is 3.28. The van der Waals surface area contributed by atoms with E-state index in [-0.39, 0.29) is 11.9 Å². The monoisotopic (exact) mass is 219 g/mol. The first-order valence-electron chi connectivity index (χ1n) is 5.62. The van der Waals surface area contributed by atoms with Crippen LogP contribution < -0.4 is 5.32 Å². The number of piperazine rings is 1. The summed E-state index contributed by atoms with van der Waals surface area (Å²) in [6, 6.07) is 2.13. The van der Waals surface area contributed by atoms with Crippen LogP contribution in [0.25, 0.3) is 0 Å². The van der Waals surface area contributed by atoms with Crippen LogP contribution in [0.2, 0.25) is 0 Å². The van der Waals surface area contributed by atoms with Gasteiger partial charge in [0.25, 0.3) is 5.91 Å². The molecular formula is C12H17N3O. The Hall–Kier alpha value is -1.42. The van der Waals surface area contributed by atoms with Crippen molar-refractivity contribution in [2.75, 3.05) is 19.6 Å². The standard InChI is InChI=1S/C12H17N3O/c1-9-3-4-13-8-11(9)12(16)15-6-5-14-7-10(15)2/h3-4,8,10,14H,5-7H2,1-2H3/t10-/m0/s1. The van der Waals surface area contributed by atoms with Crippen LogP contribution in [0, 0.1) is 6.92 Å². The van der Waals surface area contributed by atoms with Crippen molar-refractivity contribution in [1.82, 2.24) is 15.2 Å². The fourth-order valence-electron chi connectivity index (χ4n) is 1.99. The third-order valence-electron chi connectivity index (χ3n) is 3.03. The molecular weight excluding hydrogens is 202 g/mol. The molecule has 0 aromatic carbocycles. The molecule has 1 saturated heterocycles. The van der Waals surface area contributed by atoms with Crippen molar-refractivity contribution in [2.24, 2.45) is 0 Å². The van der Waals surface area contributed by atoms with Crippen LogP contribution in [0.1, 0.15) is 22.8 Å². The van der Waals surface area contributed by atoms with Gasteiger partial charge in [-0.05, 0) is 25.5 Å². The largest absolute Gasteiger partial charge is 0.333 e. The number of aryl methyl sites for hydroxylation is 1. The highest BCUT2D eigenvalue weighted by atomic mass is 16.2. The van der Waals surface area contributed by atoms with E-state index in [9.17, 15) is 4.79 Å². The minimum Gasteiger partial charge on any atom is -0.333 e. The molecule has 1 fully saturated rings. The molecule has 0 aliphatic carbocycles. The van der Waals surface area contributed by atoms with Crippen LogP contribution in [-0.2, 0) is 0 Å². The molecule has 2 rings (SSSR count). The van der Waals surface area contributed by atoms with Crippen LogP contribution in [0.15, 0.2) is 18.5 Å². The van der Waals surface area contributed by atoms with E-state index in [1.807, 2.05) is 17.9 Å². The lowest BCUT2D eigenvalue weighted by atomic mass is 10.1. The summed E-state index contributed by atoms with van der Waals surface area (Å²) in [5.41, 5.74) is 1.71. The molecule has 0 bridgehead atoms. The number of rotatable bonds is 1. The fraction of sp³-hybridized carbons (Fsp3) is 0.500. The molecule has 0 spiro atoms. The maximum atomic E-state index is 12.3. The van der Waals surface area contributed by atoms with Crippen molar-refractivity contribution in [3.05, 3.63) is 29.6 Å². The van der Waals surface area contributed by atoms with Gasteiger partial charge in [0.15, 0.2) is 0 Å². The van der Waals surface area contributed by atoms with E-state index in [0.29, 0.717) is 0 Å². The number of hydrogen-bond acceptors (Lipinski definition) is 3. The highest BCUT2D eigenvalue weighted by Crippen LogP contribution is 2.12. The molecule has 1 N–H and O–H groups in total. The number of pyridine rings is 1. The third kappa shape index (κ3) is 2.07. The Labute approximate surface area is 95.7 Å². The lowest BCUT2D eigenvalue weighted by molar-refractivity contribution is 0.0654. The Balaban J connectivity index is 2.21. The minimum absolute atomic E-state index is 0.0969. The van der Waals surface area contributed by atoms with Gasteiger partial charge in [0.1, 0.15) is 0 Å². The molecule has 0 unspecified atom stereocenters. The summed E-state index contributed by atoms with van der Waals surface area (Å²) in [4.78, 5) is 18.2. The predicted molar refractivity (Wildman–Crippen MR) is 62.3 cm³/mol. The van der Waals surface area contributed by atoms with E-state index < -0.39 is 0 Å². The number of nitrogens with zero attached hydrogens (tertiary/aromatic N) is 2. The Morgan fingerprint density at radius 2 is 2.44 bits per heavy atom. The zero-order chi connectivity index (χ0) is 11.5. The lowest BCUT2D eigenvalue weighted by Crippen LogP contribution is -2.52. The van der Waals surface area contributed by atoms with Crippen molar-refractivity contribution < 1.29 is 4.79 Å². The van der Waals surface area contributed by atoms with E-state index in [0.717, 1.165) is 30.8 Å². The summed E-state index contributed by atoms with van der Waals surface area (Å²) in [5.74, 6) is 0.0969. The second kappa shape index (κ2) is 4.61. The van der Waals surface area contributed by atoms with Gasteiger partial charge in [-0.2, -0.15) is 0 Å². The predicted octanol–water partition coefficient (Wildman–Crippen LogP) is 0.824. The topological polar surface area (TPSA) is 45.2 Å². The third-order valence-corrected chi connectivity index (χ3v) is 3.03. The zero-order valence-corrected chi connectivity index (χ0v) is 9.73. The van der Waals surface area contributed by atoms with Crippen LogP contribution in [0.3, 0.4) is 0 Å². The molecule has 86 valence electrons. The van der Waals surface area contributed by atoms with Crippen molar-refractivity contribution in [2.45, 2.75) is 19.9 Å². The average molecular weight is 219 g/mol. The van der Waals surface area contributed by atoms with E-state index >= 15 is 0 Å². The average Bonchev–Trinajstić information content (AvgIpc) is 2.29. The Morgan fingerprint density at radius 3 is 3.12 bits per heavy atom. The van der Waals surface area contributed by atoms with E-state index in [4.69, 9.17) is 0 Å². The summed E-state index contributed by atoms with van der Waals surface area (Å²) in [6.45, 7) is 6.52. The second-order valence-electron chi connectivity index (χ2n) is 4.24. The zero-order valence-electron chi connectivity index (χ0n) is 9.73. The number of aromatic nitrogens is 1. The van der Waals surface area contributed by atoms with Crippen LogP contribution in [0.5, 0.6) is 0 Å². The van der Waals surface area contributed by atoms with Gasteiger partial charge >= 0.3 is 0 Å². The molecule has 2 heterocycles. The van der Waals surface area contributed by atoms with Crippen LogP contribution in [0.4, 0.5) is 0 Å². The quantitative estimate of drug-likeness (QED) is 0.760. The van der Waals surface area contributed by atoms with E-state index in [1.54, 1.807) is 12.4 Å². The van der Waals surface area contributed by atoms with Gasteiger partial charge in [0.2, 0.25) is 0 Å². The van der Waals surface area contributed by atoms with Crippen molar-refractivity contribution in [1.29, 1.82) is 0 Å². The first-order valence-corrected chi connectivity index (χ1v) is 5.62. The molecule has 1 aromatic rings. The van der Waals surface area contributed by atoms with Crippen molar-refractivity contribution in [3.8, 4) is 0 Å². The molecule has 1 aliphatic rings. The van der Waals surface area contributed by atoms with E-state index in [1.165, 1.54) is 0 Å². The fourth-order valence-corrected chi connectivity index (χ4v) is 1.99. The maximum Gasteiger partial charge on any atom is 0.256 e. The molecule has 4 heteroatoms. The molecule has 0 saturated carbocycles. The molecule has 4 nitrogen and oxygen atoms in total. The second-order valence-corrected chi connectivity index (χ2v) is 4.24. The van der Waals surface area contributed by atoms with Crippen LogP contribution >= 0.6 is 0 Å². The molecule has 16 heavy (non-hydrogen) atoms. The Kier molecular flexibility index (Phi) is 3.19. The molecule has 1 aromatic heterocycles. The van der Waals surface area contributed by atoms with Gasteiger partial charge in [-0.1, -0.05) is 0 Å². The lowest BCUT2D eigenvalue weighted by Gasteiger charge is -2.34. The highest BCUT2D eigenvalue weighted by molar-refractivity contribution is 5.95. The summed E-state index contributed by atoms with van der Waals surface area (Å²) >= 11 is 0. The highest BCUT2D eigenvalue weighted by Gasteiger charge is 2.24. The van der Waals surface area contributed by atoms with Crippen molar-refractivity contribution >= 4 is 5.91 Å². The minimum atomic E-state index is 0.0969. The van der Waals surface area contributed by atoms with Crippen molar-refractivity contribution in [3.63, 3.8) is 0 Å². The number of amides is 1. The van der Waals surface area contributed by atoms with Gasteiger partial charge in [-0.3, -0.25) is 9.78 Å². The normalized spacial score (nSPS) is 20.9. The Morgan fingerprint density at radius 1 is 1.62 bits per heavy atom. The van der Waals surface area contributed by atoms with Gasteiger partial charge in [0, 0.05) is 38.1 Å². The summed E-state index contributed by atoms with van der Waals surface area (Å²) in [7, 11) is 0. The number of carbonyl (C=O) groups excluding carboxylic acids is 1. The number of hydrogen-bond donors (Lipinski definition) is 1. The number of nitrogens with one attached hydrogen (secondary N) is 1. The SMILES string of the molecule is Cc1ccncc1C(=O)N1CCNC[C@@H]1C. The molecule has 0 radical (unpaired) electrons. The van der Waals surface area contributed by atoms with Gasteiger partial charge < -0.3 is 10.2 Å². The summed E-state index contributed by atoms with van der Waals surface area (Å²) in [6.07, 6.45) is 3.37. The first-order chi connectivity index (χ1) is 7.70. The maximum absolute atomic E-state index is 12.3. The van der Waals surface area contributed by atoms with Gasteiger partial charge in [-0.25, -0.2) is 0 Å². The summed E-state index contributed by atoms with van der Waals surface area (Å²) < 4.78 is 0. The number of carbonyl (C=O) groups is 1. The van der Waals surface area contributed by atoms with Gasteiger partial charge in [-0.15, -0.1) is 0 Å².